The van der Waals surface area contributed by atoms with Gasteiger partial charge in [-0.3, -0.25) is 0 Å². The fourth-order valence-corrected chi connectivity index (χ4v) is 9.66. The van der Waals surface area contributed by atoms with Crippen LogP contribution in [0.5, 0.6) is 0 Å². The van der Waals surface area contributed by atoms with Crippen LogP contribution in [0.3, 0.4) is 0 Å². The SMILES string of the molecule is C1=CCc2cc3c(cc2=C1)/c1n2c3nc3[nH]c(nc4c5cc6ccccc6cc5c(n42)N=C2N=C(C\C=1)c1cc4ccccc4cc12)c1cc2ccccc2cc31. The molecule has 0 fully saturated rings. The summed E-state index contributed by atoms with van der Waals surface area (Å²) >= 11 is 0. The molecule has 0 atom stereocenters. The third-order valence-electron chi connectivity index (χ3n) is 12.4. The molecule has 6 heterocycles. The van der Waals surface area contributed by atoms with E-state index in [0.29, 0.717) is 12.3 Å². The molecule has 0 radical (unpaired) electrons. The molecule has 4 aromatic heterocycles. The van der Waals surface area contributed by atoms with Gasteiger partial charge in [-0.25, -0.2) is 29.0 Å². The number of aliphatic imine (C=N–C) groups is 2. The normalized spacial score (nSPS) is 15.2. The van der Waals surface area contributed by atoms with Gasteiger partial charge in [0.2, 0.25) is 0 Å². The first-order chi connectivity index (χ1) is 28.2. The van der Waals surface area contributed by atoms with Gasteiger partial charge in [0.05, 0.1) is 11.1 Å². The largest absolute Gasteiger partial charge is 0.324 e. The topological polar surface area (TPSA) is 75.1 Å². The number of amidine groups is 1. The Hall–Kier alpha value is -7.64. The summed E-state index contributed by atoms with van der Waals surface area (Å²) in [6.45, 7) is 0. The third-order valence-corrected chi connectivity index (χ3v) is 12.4. The summed E-state index contributed by atoms with van der Waals surface area (Å²) in [6.07, 6.45) is 10.4. The van der Waals surface area contributed by atoms with E-state index in [0.717, 1.165) is 105 Å². The number of rotatable bonds is 0. The number of aromatic nitrogens is 5. The van der Waals surface area contributed by atoms with Crippen LogP contribution >= 0.6 is 0 Å². The Bertz CT molecular complexity index is 3980. The number of allylic oxidation sites excluding steroid dienone is 2. The van der Waals surface area contributed by atoms with Crippen molar-refractivity contribution in [1.29, 1.82) is 0 Å². The van der Waals surface area contributed by atoms with E-state index in [1.807, 2.05) is 0 Å². The van der Waals surface area contributed by atoms with E-state index in [9.17, 15) is 0 Å². The maximum absolute atomic E-state index is 5.66. The lowest BCUT2D eigenvalue weighted by molar-refractivity contribution is 0.834. The van der Waals surface area contributed by atoms with Crippen molar-refractivity contribution in [3.05, 3.63) is 161 Å². The smallest absolute Gasteiger partial charge is 0.164 e. The lowest BCUT2D eigenvalue weighted by Gasteiger charge is -2.05. The molecular formula is C50H29N7. The van der Waals surface area contributed by atoms with Crippen molar-refractivity contribution in [2.24, 2.45) is 9.98 Å². The van der Waals surface area contributed by atoms with Crippen LogP contribution in [-0.4, -0.2) is 35.5 Å². The highest BCUT2D eigenvalue weighted by Gasteiger charge is 2.26. The van der Waals surface area contributed by atoms with Gasteiger partial charge in [-0.1, -0.05) is 97.1 Å². The first-order valence-electron chi connectivity index (χ1n) is 19.5. The molecule has 1 aliphatic carbocycles. The Kier molecular flexibility index (Phi) is 5.50. The van der Waals surface area contributed by atoms with Crippen LogP contribution in [0, 0.1) is 0 Å². The number of hydrogen-bond acceptors (Lipinski definition) is 4. The lowest BCUT2D eigenvalue weighted by atomic mass is 9.98. The van der Waals surface area contributed by atoms with Gasteiger partial charge in [-0.2, -0.15) is 0 Å². The Balaban J connectivity index is 1.28. The minimum Gasteiger partial charge on any atom is -0.324 e. The molecule has 0 amide bonds. The maximum atomic E-state index is 5.66. The van der Waals surface area contributed by atoms with Crippen LogP contribution in [0.15, 0.2) is 143 Å². The number of nitrogens with one attached hydrogen (secondary N) is 1. The molecule has 264 valence electrons. The van der Waals surface area contributed by atoms with Crippen LogP contribution in [-0.2, 0) is 6.42 Å². The first kappa shape index (κ1) is 29.7. The van der Waals surface area contributed by atoms with Gasteiger partial charge in [0, 0.05) is 49.9 Å². The molecule has 3 aliphatic rings. The second kappa shape index (κ2) is 10.6. The predicted molar refractivity (Wildman–Crippen MR) is 234 cm³/mol. The summed E-state index contributed by atoms with van der Waals surface area (Å²) in [4.78, 5) is 26.0. The van der Waals surface area contributed by atoms with Crippen molar-refractivity contribution in [2.45, 2.75) is 12.8 Å². The van der Waals surface area contributed by atoms with Crippen LogP contribution in [0.25, 0.3) is 99.4 Å². The highest BCUT2D eigenvalue weighted by molar-refractivity contribution is 6.27. The summed E-state index contributed by atoms with van der Waals surface area (Å²) < 4.78 is 4.51. The summed E-state index contributed by atoms with van der Waals surface area (Å²) in [5.41, 5.74) is 7.64. The second-order valence-corrected chi connectivity index (χ2v) is 15.6. The average molecular weight is 728 g/mol. The average Bonchev–Trinajstić information content (AvgIpc) is 3.95. The molecule has 14 rings (SSSR count). The first-order valence-corrected chi connectivity index (χ1v) is 19.5. The highest BCUT2D eigenvalue weighted by atomic mass is 15.4. The number of H-pyrrole nitrogens is 1. The highest BCUT2D eigenvalue weighted by Crippen LogP contribution is 2.39. The summed E-state index contributed by atoms with van der Waals surface area (Å²) in [6, 6.07) is 43.9. The van der Waals surface area contributed by atoms with Gasteiger partial charge >= 0.3 is 0 Å². The molecule has 2 aliphatic heterocycles. The molecule has 0 unspecified atom stereocenters. The van der Waals surface area contributed by atoms with Crippen LogP contribution in [0.1, 0.15) is 23.1 Å². The van der Waals surface area contributed by atoms with E-state index in [-0.39, 0.29) is 0 Å². The number of benzene rings is 7. The molecule has 11 aromatic rings. The molecule has 7 heteroatoms. The van der Waals surface area contributed by atoms with Crippen molar-refractivity contribution >= 4 is 117 Å². The summed E-state index contributed by atoms with van der Waals surface area (Å²) in [5, 5.41) is 15.5. The lowest BCUT2D eigenvalue weighted by Crippen LogP contribution is -2.18. The van der Waals surface area contributed by atoms with Crippen LogP contribution < -0.4 is 10.6 Å². The van der Waals surface area contributed by atoms with Crippen LogP contribution in [0.4, 0.5) is 5.82 Å². The minimum atomic E-state index is 0.622. The van der Waals surface area contributed by atoms with Crippen molar-refractivity contribution in [1.82, 2.24) is 24.0 Å². The Morgan fingerprint density at radius 2 is 1.09 bits per heavy atom. The number of aromatic amines is 1. The monoisotopic (exact) mass is 727 g/mol. The molecule has 1 N–H and O–H groups in total. The van der Waals surface area contributed by atoms with Gasteiger partial charge in [-0.15, -0.1) is 0 Å². The Labute approximate surface area is 323 Å². The van der Waals surface area contributed by atoms with Gasteiger partial charge in [0.25, 0.3) is 0 Å². The standard InChI is InChI=1S/C50H29N7/c1-3-11-29-21-37-35(19-27(29)9-1)43-17-18-44-36-20-28-10-2-6-14-32(28)24-40(36)48-54-46-38-22-30-12-4-5-13-31(30)23-39(38)47(52-46)55-50-42-26-34-16-8-7-15-33(34)25-41(42)49(53-45(37)51-43)57(50)56(44)48/h1-13,15-16,18-26H,14,17H2,(H,52,54,55)/b44-18-,53-45?. The van der Waals surface area contributed by atoms with E-state index in [1.165, 1.54) is 26.9 Å². The van der Waals surface area contributed by atoms with Crippen molar-refractivity contribution in [3.8, 4) is 0 Å². The molecule has 57 heavy (non-hydrogen) atoms. The molecule has 0 saturated carbocycles. The third kappa shape index (κ3) is 3.99. The summed E-state index contributed by atoms with van der Waals surface area (Å²) in [5.74, 6) is 1.48. The zero-order valence-corrected chi connectivity index (χ0v) is 30.5. The zero-order valence-electron chi connectivity index (χ0n) is 30.5. The molecule has 7 aromatic carbocycles. The van der Waals surface area contributed by atoms with Gasteiger partial charge < -0.3 is 4.98 Å². The van der Waals surface area contributed by atoms with Crippen molar-refractivity contribution in [2.75, 3.05) is 0 Å². The predicted octanol–water partition coefficient (Wildman–Crippen LogP) is 9.90. The van der Waals surface area contributed by atoms with Gasteiger partial charge in [0.15, 0.2) is 22.9 Å². The van der Waals surface area contributed by atoms with E-state index in [4.69, 9.17) is 20.0 Å². The molecular weight excluding hydrogens is 699 g/mol. The fraction of sp³-hybridized carbons (Fsp3) is 0.0400. The molecule has 4 bridgehead atoms. The number of nitrogens with zero attached hydrogens (tertiary/aromatic N) is 6. The number of fused-ring (bicyclic) bond motifs is 19. The quantitative estimate of drug-likeness (QED) is 0.169. The zero-order chi connectivity index (χ0) is 36.9. The fourth-order valence-electron chi connectivity index (χ4n) is 9.66. The number of hydrogen-bond donors (Lipinski definition) is 1. The van der Waals surface area contributed by atoms with Crippen LogP contribution in [0.2, 0.25) is 0 Å². The van der Waals surface area contributed by atoms with Gasteiger partial charge in [-0.05, 0) is 98.1 Å². The minimum absolute atomic E-state index is 0.622. The Morgan fingerprint density at radius 1 is 0.509 bits per heavy atom. The van der Waals surface area contributed by atoms with E-state index in [1.54, 1.807) is 0 Å². The molecule has 0 saturated heterocycles. The summed E-state index contributed by atoms with van der Waals surface area (Å²) in [7, 11) is 0. The maximum Gasteiger partial charge on any atom is 0.164 e. The van der Waals surface area contributed by atoms with E-state index in [2.05, 4.69) is 160 Å². The van der Waals surface area contributed by atoms with Gasteiger partial charge in [0.1, 0.15) is 11.3 Å². The molecule has 7 nitrogen and oxygen atoms in total. The second-order valence-electron chi connectivity index (χ2n) is 15.6. The van der Waals surface area contributed by atoms with E-state index < -0.39 is 0 Å². The van der Waals surface area contributed by atoms with Crippen molar-refractivity contribution < 1.29 is 0 Å². The Morgan fingerprint density at radius 3 is 1.77 bits per heavy atom. The van der Waals surface area contributed by atoms with E-state index >= 15 is 0 Å². The van der Waals surface area contributed by atoms with Crippen molar-refractivity contribution in [3.63, 3.8) is 0 Å². The molecule has 0 spiro atoms.